The second kappa shape index (κ2) is 5.26. The first-order chi connectivity index (χ1) is 11.0. The Bertz CT molecular complexity index is 895. The van der Waals surface area contributed by atoms with E-state index in [1.54, 1.807) is 6.07 Å². The zero-order valence-electron chi connectivity index (χ0n) is 12.8. The molecule has 23 heavy (non-hydrogen) atoms. The zero-order chi connectivity index (χ0) is 16.0. The molecule has 0 spiro atoms. The molecule has 0 saturated heterocycles. The van der Waals surface area contributed by atoms with Gasteiger partial charge in [0.15, 0.2) is 5.82 Å². The summed E-state index contributed by atoms with van der Waals surface area (Å²) in [5, 5.41) is 3.92. The minimum Gasteiger partial charge on any atom is -0.339 e. The van der Waals surface area contributed by atoms with Crippen molar-refractivity contribution >= 4 is 15.6 Å². The average molecular weight is 331 g/mol. The molecule has 1 aliphatic carbocycles. The summed E-state index contributed by atoms with van der Waals surface area (Å²) >= 11 is 0. The van der Waals surface area contributed by atoms with Crippen LogP contribution in [0.1, 0.15) is 36.5 Å². The van der Waals surface area contributed by atoms with Gasteiger partial charge in [0.2, 0.25) is 5.89 Å². The maximum Gasteiger partial charge on any atom is 0.263 e. The number of rotatable bonds is 3. The molecule has 1 amide bonds. The highest BCUT2D eigenvalue weighted by Crippen LogP contribution is 2.45. The lowest BCUT2D eigenvalue weighted by Gasteiger charge is -2.02. The quantitative estimate of drug-likeness (QED) is 0.862. The van der Waals surface area contributed by atoms with Crippen molar-refractivity contribution in [3.05, 3.63) is 41.5 Å². The monoisotopic (exact) mass is 331 g/mol. The van der Waals surface area contributed by atoms with Crippen molar-refractivity contribution < 1.29 is 13.5 Å². The van der Waals surface area contributed by atoms with E-state index in [-0.39, 0.29) is 12.3 Å². The average Bonchev–Trinajstić information content (AvgIpc) is 2.94. The summed E-state index contributed by atoms with van der Waals surface area (Å²) in [4.78, 5) is 17.1. The Kier molecular flexibility index (Phi) is 3.33. The predicted molar refractivity (Wildman–Crippen MR) is 83.4 cm³/mol. The van der Waals surface area contributed by atoms with Crippen LogP contribution in [0, 0.1) is 5.92 Å². The van der Waals surface area contributed by atoms with Gasteiger partial charge in [-0.1, -0.05) is 30.3 Å². The van der Waals surface area contributed by atoms with Gasteiger partial charge in [-0.05, 0) is 30.4 Å². The molecule has 2 aliphatic rings. The molecule has 0 radical (unpaired) electrons. The first kappa shape index (κ1) is 14.6. The number of aromatic nitrogens is 2. The molecule has 4 rings (SSSR count). The molecule has 6 nitrogen and oxygen atoms in total. The standard InChI is InChI=1S/C16H17N3O3S/c1-10-8-12(10)16-17-15(22-18-16)9-14(20)19-23(21)7-6-11-4-2-3-5-13(11)23/h2-5,10,12H,6-9H2,1H3. The van der Waals surface area contributed by atoms with Gasteiger partial charge >= 0.3 is 0 Å². The fourth-order valence-corrected chi connectivity index (χ4v) is 5.14. The van der Waals surface area contributed by atoms with E-state index in [0.717, 1.165) is 12.0 Å². The molecule has 3 atom stereocenters. The lowest BCUT2D eigenvalue weighted by molar-refractivity contribution is -0.117. The maximum absolute atomic E-state index is 12.9. The lowest BCUT2D eigenvalue weighted by atomic mass is 10.2. The number of benzene rings is 1. The molecule has 120 valence electrons. The first-order valence-corrected chi connectivity index (χ1v) is 9.42. The van der Waals surface area contributed by atoms with Gasteiger partial charge in [0.25, 0.3) is 5.91 Å². The second-order valence-corrected chi connectivity index (χ2v) is 8.54. The largest absolute Gasteiger partial charge is 0.339 e. The summed E-state index contributed by atoms with van der Waals surface area (Å²) in [5.74, 6) is 1.76. The Morgan fingerprint density at radius 1 is 1.43 bits per heavy atom. The van der Waals surface area contributed by atoms with Crippen molar-refractivity contribution in [3.8, 4) is 0 Å². The highest BCUT2D eigenvalue weighted by molar-refractivity contribution is 7.94. The zero-order valence-corrected chi connectivity index (χ0v) is 13.6. The van der Waals surface area contributed by atoms with Crippen molar-refractivity contribution in [2.24, 2.45) is 10.3 Å². The number of hydrogen-bond acceptors (Lipinski definition) is 5. The number of amides is 1. The van der Waals surface area contributed by atoms with Gasteiger partial charge in [-0.15, -0.1) is 0 Å². The van der Waals surface area contributed by atoms with E-state index in [0.29, 0.717) is 34.7 Å². The molecule has 2 aromatic rings. The molecule has 3 unspecified atom stereocenters. The van der Waals surface area contributed by atoms with Gasteiger partial charge in [-0.2, -0.15) is 9.35 Å². The fourth-order valence-electron chi connectivity index (χ4n) is 2.97. The minimum atomic E-state index is -2.65. The molecular weight excluding hydrogens is 314 g/mol. The Hall–Kier alpha value is -2.02. The summed E-state index contributed by atoms with van der Waals surface area (Å²) in [6, 6.07) is 7.46. The summed E-state index contributed by atoms with van der Waals surface area (Å²) < 4.78 is 22.0. The van der Waals surface area contributed by atoms with E-state index >= 15 is 0 Å². The van der Waals surface area contributed by atoms with Crippen LogP contribution in [0.2, 0.25) is 0 Å². The molecule has 2 heterocycles. The van der Waals surface area contributed by atoms with Gasteiger partial charge in [0.1, 0.15) is 6.42 Å². The van der Waals surface area contributed by atoms with Gasteiger partial charge in [0.05, 0.1) is 14.6 Å². The van der Waals surface area contributed by atoms with Gasteiger partial charge in [0, 0.05) is 11.7 Å². The van der Waals surface area contributed by atoms with Crippen molar-refractivity contribution in [3.63, 3.8) is 0 Å². The van der Waals surface area contributed by atoms with Crippen LogP contribution in [0.4, 0.5) is 0 Å². The normalized spacial score (nSPS) is 28.4. The van der Waals surface area contributed by atoms with E-state index in [4.69, 9.17) is 4.52 Å². The van der Waals surface area contributed by atoms with E-state index in [1.807, 2.05) is 18.2 Å². The molecule has 1 saturated carbocycles. The third-order valence-corrected chi connectivity index (χ3v) is 6.78. The molecule has 1 aromatic heterocycles. The van der Waals surface area contributed by atoms with Crippen LogP contribution < -0.4 is 0 Å². The number of aryl methyl sites for hydroxylation is 1. The van der Waals surface area contributed by atoms with Crippen LogP contribution in [0.15, 0.2) is 38.0 Å². The van der Waals surface area contributed by atoms with Crippen molar-refractivity contribution in [2.75, 3.05) is 5.75 Å². The van der Waals surface area contributed by atoms with E-state index < -0.39 is 15.6 Å². The topological polar surface area (TPSA) is 85.4 Å². The SMILES string of the molecule is CC1CC1c1noc(CC(=O)N=S2(=O)CCc3ccccc32)n1. The summed E-state index contributed by atoms with van der Waals surface area (Å²) in [6.45, 7) is 2.13. The van der Waals surface area contributed by atoms with Crippen molar-refractivity contribution in [1.82, 2.24) is 10.1 Å². The Labute approximate surface area is 134 Å². The van der Waals surface area contributed by atoms with E-state index in [1.165, 1.54) is 0 Å². The minimum absolute atomic E-state index is 0.0900. The molecule has 7 heteroatoms. The van der Waals surface area contributed by atoms with Crippen LogP contribution in [0.3, 0.4) is 0 Å². The number of carbonyl (C=O) groups is 1. The van der Waals surface area contributed by atoms with Crippen LogP contribution >= 0.6 is 0 Å². The number of fused-ring (bicyclic) bond motifs is 1. The second-order valence-electron chi connectivity index (χ2n) is 6.23. The summed E-state index contributed by atoms with van der Waals surface area (Å²) in [7, 11) is -2.65. The number of hydrogen-bond donors (Lipinski definition) is 0. The molecule has 1 aromatic carbocycles. The third-order valence-electron chi connectivity index (χ3n) is 4.44. The maximum atomic E-state index is 12.9. The molecule has 0 N–H and O–H groups in total. The Morgan fingerprint density at radius 3 is 3.00 bits per heavy atom. The smallest absolute Gasteiger partial charge is 0.263 e. The summed E-state index contributed by atoms with van der Waals surface area (Å²) in [6.07, 6.45) is 1.66. The predicted octanol–water partition coefficient (Wildman–Crippen LogP) is 2.35. The van der Waals surface area contributed by atoms with Gasteiger partial charge in [-0.25, -0.2) is 4.21 Å². The Balaban J connectivity index is 1.54. The van der Waals surface area contributed by atoms with Crippen LogP contribution in [-0.2, 0) is 27.4 Å². The number of carbonyl (C=O) groups excluding carboxylic acids is 1. The fraction of sp³-hybridized carbons (Fsp3) is 0.438. The van der Waals surface area contributed by atoms with Crippen LogP contribution in [0.25, 0.3) is 0 Å². The highest BCUT2D eigenvalue weighted by Gasteiger charge is 2.38. The molecule has 1 aliphatic heterocycles. The van der Waals surface area contributed by atoms with Crippen molar-refractivity contribution in [2.45, 2.75) is 37.0 Å². The van der Waals surface area contributed by atoms with Crippen LogP contribution in [-0.4, -0.2) is 26.0 Å². The molecule has 1 fully saturated rings. The van der Waals surface area contributed by atoms with Gasteiger partial charge < -0.3 is 4.52 Å². The molecule has 0 bridgehead atoms. The van der Waals surface area contributed by atoms with Crippen molar-refractivity contribution in [1.29, 1.82) is 0 Å². The van der Waals surface area contributed by atoms with E-state index in [9.17, 15) is 9.00 Å². The number of nitrogens with zero attached hydrogens (tertiary/aromatic N) is 3. The summed E-state index contributed by atoms with van der Waals surface area (Å²) in [5.41, 5.74) is 1.01. The highest BCUT2D eigenvalue weighted by atomic mass is 32.2. The van der Waals surface area contributed by atoms with Gasteiger partial charge in [-0.3, -0.25) is 4.79 Å². The first-order valence-electron chi connectivity index (χ1n) is 7.73. The molecular formula is C16H17N3O3S. The Morgan fingerprint density at radius 2 is 2.22 bits per heavy atom. The van der Waals surface area contributed by atoms with Crippen LogP contribution in [0.5, 0.6) is 0 Å². The lowest BCUT2D eigenvalue weighted by Crippen LogP contribution is -2.07. The third kappa shape index (κ3) is 2.69. The van der Waals surface area contributed by atoms with E-state index in [2.05, 4.69) is 21.4 Å².